The third-order valence-electron chi connectivity index (χ3n) is 10.1. The maximum atomic E-state index is 12.4. The molecular weight excluding hydrogens is 438 g/mol. The van der Waals surface area contributed by atoms with E-state index >= 15 is 0 Å². The molecule has 1 spiro atoms. The first-order valence-electron chi connectivity index (χ1n) is 13.2. The van der Waals surface area contributed by atoms with Crippen LogP contribution in [0.25, 0.3) is 0 Å². The van der Waals surface area contributed by atoms with E-state index in [2.05, 4.69) is 31.2 Å². The fourth-order valence-corrected chi connectivity index (χ4v) is 8.08. The summed E-state index contributed by atoms with van der Waals surface area (Å²) in [5.41, 5.74) is 3.35. The van der Waals surface area contributed by atoms with E-state index in [0.717, 1.165) is 37.7 Å². The number of ether oxygens (including phenoxy) is 1. The summed E-state index contributed by atoms with van der Waals surface area (Å²) in [6.45, 7) is 5.12. The number of carbonyl (C=O) groups excluding carboxylic acids is 2. The van der Waals surface area contributed by atoms with E-state index in [1.165, 1.54) is 11.1 Å². The highest BCUT2D eigenvalue weighted by molar-refractivity contribution is 5.84. The first-order valence-corrected chi connectivity index (χ1v) is 13.2. The number of rotatable bonds is 4. The van der Waals surface area contributed by atoms with Crippen molar-refractivity contribution in [3.05, 3.63) is 59.2 Å². The minimum atomic E-state index is -0.338. The van der Waals surface area contributed by atoms with Crippen molar-refractivity contribution in [2.24, 2.45) is 33.7 Å². The fraction of sp³-hybridized carbons (Fsp3) is 0.567. The summed E-state index contributed by atoms with van der Waals surface area (Å²) < 4.78 is 6.10. The molecule has 3 unspecified atom stereocenters. The van der Waals surface area contributed by atoms with Crippen LogP contribution in [0.15, 0.2) is 58.8 Å². The van der Waals surface area contributed by atoms with Gasteiger partial charge in [-0.25, -0.2) is 0 Å². The van der Waals surface area contributed by atoms with Gasteiger partial charge in [0.15, 0.2) is 0 Å². The summed E-state index contributed by atoms with van der Waals surface area (Å²) in [6, 6.07) is 10.1. The number of esters is 1. The van der Waals surface area contributed by atoms with Gasteiger partial charge in [0.05, 0.1) is 6.21 Å². The predicted octanol–water partition coefficient (Wildman–Crippen LogP) is 5.94. The summed E-state index contributed by atoms with van der Waals surface area (Å²) >= 11 is 0. The zero-order valence-electron chi connectivity index (χ0n) is 20.8. The topological polar surface area (TPSA) is 65.0 Å². The van der Waals surface area contributed by atoms with Gasteiger partial charge < -0.3 is 9.57 Å². The van der Waals surface area contributed by atoms with Gasteiger partial charge in [-0.05, 0) is 49.5 Å². The second-order valence-corrected chi connectivity index (χ2v) is 11.8. The number of allylic oxidation sites excluding steroid dienone is 4. The van der Waals surface area contributed by atoms with Crippen LogP contribution < -0.4 is 0 Å². The van der Waals surface area contributed by atoms with Gasteiger partial charge in [0.25, 0.3) is 0 Å². The fourth-order valence-electron chi connectivity index (χ4n) is 8.08. The Morgan fingerprint density at radius 1 is 1.11 bits per heavy atom. The summed E-state index contributed by atoms with van der Waals surface area (Å²) in [5, 5.41) is 4.43. The maximum absolute atomic E-state index is 12.4. The first-order chi connectivity index (χ1) is 16.8. The summed E-state index contributed by atoms with van der Waals surface area (Å²) in [6.07, 6.45) is 13.1. The van der Waals surface area contributed by atoms with E-state index in [1.54, 1.807) is 0 Å². The van der Waals surface area contributed by atoms with Crippen LogP contribution in [0.3, 0.4) is 0 Å². The van der Waals surface area contributed by atoms with Gasteiger partial charge in [-0.15, -0.1) is 0 Å². The highest BCUT2D eigenvalue weighted by atomic mass is 16.6. The number of ketones is 1. The van der Waals surface area contributed by atoms with E-state index in [9.17, 15) is 9.59 Å². The molecule has 6 rings (SSSR count). The molecule has 6 atom stereocenters. The largest absolute Gasteiger partial charge is 0.458 e. The standard InChI is InChI=1S/C30H35NO4/c1-28-12-8-23(32)17-22(28)16-21(18-31-34-19-20-6-4-3-5-7-20)27-24(28)9-13-29(2)25(27)10-14-30(29)15-11-26(33)35-30/h3-7,9,16,18,21,25,27H,8,10-15,17,19H2,1-2H3/t21?,25?,27?,28-,29-,30+/m0/s1. The van der Waals surface area contributed by atoms with E-state index in [1.807, 2.05) is 36.5 Å². The minimum absolute atomic E-state index is 0.0438. The van der Waals surface area contributed by atoms with Crippen molar-refractivity contribution in [1.29, 1.82) is 0 Å². The van der Waals surface area contributed by atoms with Crippen LogP contribution in [0.4, 0.5) is 0 Å². The number of fused-ring (bicyclic) bond motifs is 6. The average molecular weight is 474 g/mol. The number of hydrogen-bond donors (Lipinski definition) is 0. The molecule has 3 fully saturated rings. The lowest BCUT2D eigenvalue weighted by atomic mass is 9.49. The molecule has 4 aliphatic carbocycles. The van der Waals surface area contributed by atoms with Crippen molar-refractivity contribution < 1.29 is 19.2 Å². The molecular formula is C30H35NO4. The Morgan fingerprint density at radius 2 is 1.94 bits per heavy atom. The Morgan fingerprint density at radius 3 is 2.71 bits per heavy atom. The number of nitrogens with zero attached hydrogens (tertiary/aromatic N) is 1. The van der Waals surface area contributed by atoms with E-state index in [4.69, 9.17) is 9.57 Å². The number of oxime groups is 1. The Kier molecular flexibility index (Phi) is 5.32. The third kappa shape index (κ3) is 3.45. The highest BCUT2D eigenvalue weighted by Crippen LogP contribution is 2.68. The summed E-state index contributed by atoms with van der Waals surface area (Å²) in [7, 11) is 0. The molecule has 184 valence electrons. The van der Waals surface area contributed by atoms with Crippen LogP contribution in [0, 0.1) is 28.6 Å². The lowest BCUT2D eigenvalue weighted by Crippen LogP contribution is -2.52. The molecule has 1 saturated heterocycles. The van der Waals surface area contributed by atoms with Gasteiger partial charge in [-0.3, -0.25) is 9.59 Å². The van der Waals surface area contributed by atoms with Crippen molar-refractivity contribution >= 4 is 18.0 Å². The molecule has 0 amide bonds. The van der Waals surface area contributed by atoms with Crippen LogP contribution in [0.1, 0.15) is 70.8 Å². The lowest BCUT2D eigenvalue weighted by Gasteiger charge is -2.55. The molecule has 0 N–H and O–H groups in total. The Hall–Kier alpha value is -2.69. The van der Waals surface area contributed by atoms with Crippen molar-refractivity contribution in [1.82, 2.24) is 0 Å². The molecule has 0 aromatic heterocycles. The van der Waals surface area contributed by atoms with Gasteiger partial charge in [0.1, 0.15) is 18.0 Å². The second kappa shape index (κ2) is 8.18. The molecule has 1 aromatic rings. The van der Waals surface area contributed by atoms with E-state index in [-0.39, 0.29) is 28.3 Å². The highest BCUT2D eigenvalue weighted by Gasteiger charge is 2.66. The average Bonchev–Trinajstić information content (AvgIpc) is 3.38. The quantitative estimate of drug-likeness (QED) is 0.235. The smallest absolute Gasteiger partial charge is 0.306 e. The van der Waals surface area contributed by atoms with Crippen LogP contribution in [0.5, 0.6) is 0 Å². The molecule has 5 nitrogen and oxygen atoms in total. The van der Waals surface area contributed by atoms with Crippen molar-refractivity contribution in [2.75, 3.05) is 0 Å². The van der Waals surface area contributed by atoms with E-state index < -0.39 is 0 Å². The molecule has 1 heterocycles. The minimum Gasteiger partial charge on any atom is -0.458 e. The molecule has 2 saturated carbocycles. The van der Waals surface area contributed by atoms with Gasteiger partial charge >= 0.3 is 5.97 Å². The number of Topliss-reactive ketones (excluding diaryl/α,β-unsaturated/α-hetero) is 1. The number of carbonyl (C=O) groups is 2. The van der Waals surface area contributed by atoms with Crippen LogP contribution in [0.2, 0.25) is 0 Å². The Labute approximate surface area is 207 Å². The Bertz CT molecular complexity index is 1140. The van der Waals surface area contributed by atoms with Crippen molar-refractivity contribution in [3.63, 3.8) is 0 Å². The molecule has 35 heavy (non-hydrogen) atoms. The third-order valence-corrected chi connectivity index (χ3v) is 10.1. The molecule has 0 bridgehead atoms. The number of hydrogen-bond acceptors (Lipinski definition) is 5. The Balaban J connectivity index is 1.34. The van der Waals surface area contributed by atoms with Gasteiger partial charge in [-0.1, -0.05) is 72.6 Å². The number of benzene rings is 1. The maximum Gasteiger partial charge on any atom is 0.306 e. The summed E-state index contributed by atoms with van der Waals surface area (Å²) in [5.74, 6) is 1.06. The van der Waals surface area contributed by atoms with Crippen LogP contribution in [-0.2, 0) is 25.8 Å². The molecule has 5 heteroatoms. The van der Waals surface area contributed by atoms with Gasteiger partial charge in [0.2, 0.25) is 0 Å². The van der Waals surface area contributed by atoms with Crippen LogP contribution >= 0.6 is 0 Å². The molecule has 1 aliphatic heterocycles. The molecule has 1 aromatic carbocycles. The zero-order chi connectivity index (χ0) is 24.3. The second-order valence-electron chi connectivity index (χ2n) is 11.8. The van der Waals surface area contributed by atoms with Crippen molar-refractivity contribution in [2.45, 2.75) is 77.4 Å². The predicted molar refractivity (Wildman–Crippen MR) is 133 cm³/mol. The van der Waals surface area contributed by atoms with Crippen LogP contribution in [-0.4, -0.2) is 23.6 Å². The summed E-state index contributed by atoms with van der Waals surface area (Å²) in [4.78, 5) is 30.3. The SMILES string of the molecule is C[C@]12CCC(=O)CC1=CC(C=NOCc1ccccc1)C1C2=CC[C@@]2(C)C1CC[C@@]21CCC(=O)O1. The molecule has 5 aliphatic rings. The zero-order valence-corrected chi connectivity index (χ0v) is 20.8. The molecule has 0 radical (unpaired) electrons. The lowest BCUT2D eigenvalue weighted by molar-refractivity contribution is -0.160. The van der Waals surface area contributed by atoms with Gasteiger partial charge in [0, 0.05) is 36.0 Å². The van der Waals surface area contributed by atoms with E-state index in [0.29, 0.717) is 43.5 Å². The monoisotopic (exact) mass is 473 g/mol. The normalized spacial score (nSPS) is 40.1. The first kappa shape index (κ1) is 22.8. The van der Waals surface area contributed by atoms with Crippen molar-refractivity contribution in [3.8, 4) is 0 Å². The van der Waals surface area contributed by atoms with Gasteiger partial charge in [-0.2, -0.15) is 0 Å².